The van der Waals surface area contributed by atoms with Gasteiger partial charge in [0.2, 0.25) is 0 Å². The van der Waals surface area contributed by atoms with Crippen molar-refractivity contribution in [1.82, 2.24) is 15.2 Å². The van der Waals surface area contributed by atoms with Crippen molar-refractivity contribution in [2.75, 3.05) is 26.7 Å². The summed E-state index contributed by atoms with van der Waals surface area (Å²) in [5.41, 5.74) is 0.758. The van der Waals surface area contributed by atoms with Crippen LogP contribution in [0.2, 0.25) is 0 Å². The molecule has 1 atom stereocenters. The van der Waals surface area contributed by atoms with E-state index in [-0.39, 0.29) is 5.91 Å². The predicted octanol–water partition coefficient (Wildman–Crippen LogP) is 3.51. The summed E-state index contributed by atoms with van der Waals surface area (Å²) in [6.45, 7) is 7.20. The molecule has 30 heavy (non-hydrogen) atoms. The second-order valence-electron chi connectivity index (χ2n) is 7.80. The Hall–Kier alpha value is -2.93. The number of piperidine rings is 1. The van der Waals surface area contributed by atoms with Crippen molar-refractivity contribution in [2.24, 2.45) is 5.92 Å². The highest BCUT2D eigenvalue weighted by atomic mass is 16.5. The van der Waals surface area contributed by atoms with E-state index in [0.29, 0.717) is 41.3 Å². The standard InChI is InChI=1S/C23H29N3O4/c1-16(2)26-12-4-5-17(15-26)14-25-22(27)21-13-20(10-11-24-21)30-19-8-6-18(7-9-19)23(28)29-3/h6-11,13,16-17H,4-5,12,14-15H2,1-3H3,(H,25,27)/t17-/m1/s1. The van der Waals surface area contributed by atoms with Crippen molar-refractivity contribution < 1.29 is 19.1 Å². The molecule has 0 unspecified atom stereocenters. The van der Waals surface area contributed by atoms with Crippen LogP contribution in [0.3, 0.4) is 0 Å². The van der Waals surface area contributed by atoms with Crippen LogP contribution in [-0.2, 0) is 4.74 Å². The number of nitrogens with one attached hydrogen (secondary N) is 1. The van der Waals surface area contributed by atoms with Gasteiger partial charge in [-0.1, -0.05) is 0 Å². The molecule has 0 spiro atoms. The summed E-state index contributed by atoms with van der Waals surface area (Å²) in [7, 11) is 1.34. The Kier molecular flexibility index (Phi) is 7.41. The third-order valence-electron chi connectivity index (χ3n) is 5.31. The van der Waals surface area contributed by atoms with E-state index in [2.05, 4.69) is 33.8 Å². The van der Waals surface area contributed by atoms with Gasteiger partial charge in [0, 0.05) is 31.4 Å². The lowest BCUT2D eigenvalue weighted by molar-refractivity contribution is 0.0600. The molecule has 160 valence electrons. The summed E-state index contributed by atoms with van der Waals surface area (Å²) in [6, 6.07) is 10.4. The van der Waals surface area contributed by atoms with Crippen LogP contribution in [-0.4, -0.2) is 54.5 Å². The molecule has 1 saturated heterocycles. The highest BCUT2D eigenvalue weighted by Crippen LogP contribution is 2.22. The third-order valence-corrected chi connectivity index (χ3v) is 5.31. The van der Waals surface area contributed by atoms with Crippen LogP contribution in [0.15, 0.2) is 42.6 Å². The van der Waals surface area contributed by atoms with Gasteiger partial charge in [0.05, 0.1) is 12.7 Å². The Morgan fingerprint density at radius 1 is 1.20 bits per heavy atom. The van der Waals surface area contributed by atoms with E-state index in [1.165, 1.54) is 7.11 Å². The Labute approximate surface area is 177 Å². The second-order valence-corrected chi connectivity index (χ2v) is 7.80. The third kappa shape index (κ3) is 5.79. The molecule has 1 aliphatic heterocycles. The van der Waals surface area contributed by atoms with Gasteiger partial charge in [-0.15, -0.1) is 0 Å². The van der Waals surface area contributed by atoms with E-state index >= 15 is 0 Å². The van der Waals surface area contributed by atoms with E-state index in [4.69, 9.17) is 4.74 Å². The number of nitrogens with zero attached hydrogens (tertiary/aromatic N) is 2. The molecule has 1 aromatic carbocycles. The summed E-state index contributed by atoms with van der Waals surface area (Å²) in [4.78, 5) is 30.7. The number of benzene rings is 1. The van der Waals surface area contributed by atoms with E-state index in [0.717, 1.165) is 25.9 Å². The zero-order valence-corrected chi connectivity index (χ0v) is 17.8. The molecule has 1 aromatic heterocycles. The van der Waals surface area contributed by atoms with E-state index in [9.17, 15) is 9.59 Å². The van der Waals surface area contributed by atoms with Gasteiger partial charge in [-0.05, 0) is 69.5 Å². The first-order chi connectivity index (χ1) is 14.5. The summed E-state index contributed by atoms with van der Waals surface area (Å²) in [5.74, 6) is 0.903. The molecular weight excluding hydrogens is 382 g/mol. The van der Waals surface area contributed by atoms with Crippen LogP contribution in [0.4, 0.5) is 0 Å². The quantitative estimate of drug-likeness (QED) is 0.703. The van der Waals surface area contributed by atoms with Crippen LogP contribution < -0.4 is 10.1 Å². The molecule has 0 radical (unpaired) electrons. The van der Waals surface area contributed by atoms with Gasteiger partial charge in [-0.3, -0.25) is 9.78 Å². The number of hydrogen-bond acceptors (Lipinski definition) is 6. The fraction of sp³-hybridized carbons (Fsp3) is 0.435. The average Bonchev–Trinajstić information content (AvgIpc) is 2.77. The predicted molar refractivity (Wildman–Crippen MR) is 114 cm³/mol. The van der Waals surface area contributed by atoms with Crippen molar-refractivity contribution >= 4 is 11.9 Å². The maximum Gasteiger partial charge on any atom is 0.337 e. The summed E-state index contributed by atoms with van der Waals surface area (Å²) in [5, 5.41) is 3.01. The van der Waals surface area contributed by atoms with E-state index < -0.39 is 5.97 Å². The number of carbonyl (C=O) groups excluding carboxylic acids is 2. The molecule has 7 heteroatoms. The molecule has 2 aromatic rings. The summed E-state index contributed by atoms with van der Waals surface area (Å²) < 4.78 is 10.5. The van der Waals surface area contributed by atoms with Crippen LogP contribution in [0, 0.1) is 5.92 Å². The zero-order valence-electron chi connectivity index (χ0n) is 17.8. The number of rotatable bonds is 7. The van der Waals surface area contributed by atoms with Gasteiger partial charge in [-0.2, -0.15) is 0 Å². The number of hydrogen-bond donors (Lipinski definition) is 1. The lowest BCUT2D eigenvalue weighted by atomic mass is 9.97. The van der Waals surface area contributed by atoms with E-state index in [1.807, 2.05) is 0 Å². The first-order valence-corrected chi connectivity index (χ1v) is 10.3. The fourth-order valence-electron chi connectivity index (χ4n) is 3.57. The first-order valence-electron chi connectivity index (χ1n) is 10.3. The zero-order chi connectivity index (χ0) is 21.5. The normalized spacial score (nSPS) is 16.9. The smallest absolute Gasteiger partial charge is 0.337 e. The van der Waals surface area contributed by atoms with Crippen molar-refractivity contribution in [3.05, 3.63) is 53.9 Å². The van der Waals surface area contributed by atoms with Gasteiger partial charge in [0.25, 0.3) is 5.91 Å². The molecule has 7 nitrogen and oxygen atoms in total. The number of likely N-dealkylation sites (tertiary alicyclic amines) is 1. The number of pyridine rings is 1. The van der Waals surface area contributed by atoms with Gasteiger partial charge in [-0.25, -0.2) is 4.79 Å². The number of carbonyl (C=O) groups is 2. The van der Waals surface area contributed by atoms with Gasteiger partial charge < -0.3 is 19.7 Å². The van der Waals surface area contributed by atoms with E-state index in [1.54, 1.807) is 42.6 Å². The van der Waals surface area contributed by atoms with Crippen LogP contribution >= 0.6 is 0 Å². The summed E-state index contributed by atoms with van der Waals surface area (Å²) >= 11 is 0. The van der Waals surface area contributed by atoms with Gasteiger partial charge in [0.1, 0.15) is 17.2 Å². The highest BCUT2D eigenvalue weighted by molar-refractivity contribution is 5.92. The summed E-state index contributed by atoms with van der Waals surface area (Å²) in [6.07, 6.45) is 3.84. The lowest BCUT2D eigenvalue weighted by Crippen LogP contribution is -2.43. The average molecular weight is 412 g/mol. The lowest BCUT2D eigenvalue weighted by Gasteiger charge is -2.35. The number of methoxy groups -OCH3 is 1. The first kappa shape index (κ1) is 21.8. The number of aromatic nitrogens is 1. The molecular formula is C23H29N3O4. The molecule has 1 amide bonds. The van der Waals surface area contributed by atoms with Crippen molar-refractivity contribution in [1.29, 1.82) is 0 Å². The molecule has 0 saturated carbocycles. The topological polar surface area (TPSA) is 80.8 Å². The second kappa shape index (κ2) is 10.2. The minimum Gasteiger partial charge on any atom is -0.465 e. The van der Waals surface area contributed by atoms with Gasteiger partial charge >= 0.3 is 5.97 Å². The Morgan fingerprint density at radius 2 is 1.97 bits per heavy atom. The minimum atomic E-state index is -0.404. The molecule has 2 heterocycles. The highest BCUT2D eigenvalue weighted by Gasteiger charge is 2.22. The molecule has 3 rings (SSSR count). The van der Waals surface area contributed by atoms with Crippen LogP contribution in [0.25, 0.3) is 0 Å². The van der Waals surface area contributed by atoms with Crippen LogP contribution in [0.1, 0.15) is 47.5 Å². The minimum absolute atomic E-state index is 0.205. The number of ether oxygens (including phenoxy) is 2. The Bertz CT molecular complexity index is 867. The monoisotopic (exact) mass is 411 g/mol. The molecule has 1 N–H and O–H groups in total. The Balaban J connectivity index is 1.56. The fourth-order valence-corrected chi connectivity index (χ4v) is 3.57. The molecule has 0 bridgehead atoms. The van der Waals surface area contributed by atoms with Crippen molar-refractivity contribution in [3.63, 3.8) is 0 Å². The molecule has 0 aliphatic carbocycles. The number of esters is 1. The maximum absolute atomic E-state index is 12.6. The van der Waals surface area contributed by atoms with Crippen molar-refractivity contribution in [3.8, 4) is 11.5 Å². The molecule has 1 aliphatic rings. The SMILES string of the molecule is COC(=O)c1ccc(Oc2ccnc(C(=O)NC[C@H]3CCCN(C(C)C)C3)c2)cc1. The molecule has 1 fully saturated rings. The van der Waals surface area contributed by atoms with Crippen molar-refractivity contribution in [2.45, 2.75) is 32.7 Å². The van der Waals surface area contributed by atoms with Gasteiger partial charge in [0.15, 0.2) is 0 Å². The number of amides is 1. The largest absolute Gasteiger partial charge is 0.465 e. The Morgan fingerprint density at radius 3 is 2.67 bits per heavy atom. The van der Waals surface area contributed by atoms with Crippen LogP contribution in [0.5, 0.6) is 11.5 Å². The maximum atomic E-state index is 12.6.